The fraction of sp³-hybridized carbons (Fsp3) is 0.545. The standard InChI is InChI=1S/C11H15FN2/c1-11(2)9(4-10(11)13)7-3-8(12)6-14-5-7/h3,5-6,9-10H,4,13H2,1-2H3. The fourth-order valence-electron chi connectivity index (χ4n) is 2.14. The van der Waals surface area contributed by atoms with Crippen LogP contribution >= 0.6 is 0 Å². The van der Waals surface area contributed by atoms with Crippen LogP contribution < -0.4 is 5.73 Å². The Bertz CT molecular complexity index is 349. The largest absolute Gasteiger partial charge is 0.327 e. The number of nitrogens with two attached hydrogens (primary N) is 1. The van der Waals surface area contributed by atoms with Crippen molar-refractivity contribution in [3.05, 3.63) is 29.8 Å². The van der Waals surface area contributed by atoms with Crippen molar-refractivity contribution in [1.29, 1.82) is 0 Å². The molecule has 0 bridgehead atoms. The average molecular weight is 194 g/mol. The molecule has 2 nitrogen and oxygen atoms in total. The van der Waals surface area contributed by atoms with Gasteiger partial charge in [-0.1, -0.05) is 13.8 Å². The Hall–Kier alpha value is -0.960. The highest BCUT2D eigenvalue weighted by atomic mass is 19.1. The molecule has 1 aromatic heterocycles. The van der Waals surface area contributed by atoms with E-state index in [0.717, 1.165) is 12.0 Å². The molecule has 0 aliphatic heterocycles. The molecule has 14 heavy (non-hydrogen) atoms. The molecule has 76 valence electrons. The van der Waals surface area contributed by atoms with Crippen molar-refractivity contribution < 1.29 is 4.39 Å². The van der Waals surface area contributed by atoms with Gasteiger partial charge >= 0.3 is 0 Å². The first kappa shape index (κ1) is 9.59. The predicted octanol–water partition coefficient (Wildman–Crippen LogP) is 2.06. The zero-order valence-corrected chi connectivity index (χ0v) is 8.50. The summed E-state index contributed by atoms with van der Waals surface area (Å²) >= 11 is 0. The first-order valence-electron chi connectivity index (χ1n) is 4.88. The third-order valence-corrected chi connectivity index (χ3v) is 3.47. The summed E-state index contributed by atoms with van der Waals surface area (Å²) < 4.78 is 12.9. The van der Waals surface area contributed by atoms with Gasteiger partial charge in [-0.15, -0.1) is 0 Å². The lowest BCUT2D eigenvalue weighted by molar-refractivity contribution is 0.0979. The van der Waals surface area contributed by atoms with Crippen LogP contribution in [0.2, 0.25) is 0 Å². The van der Waals surface area contributed by atoms with E-state index in [0.29, 0.717) is 5.92 Å². The van der Waals surface area contributed by atoms with E-state index in [2.05, 4.69) is 18.8 Å². The number of halogens is 1. The van der Waals surface area contributed by atoms with Gasteiger partial charge < -0.3 is 5.73 Å². The van der Waals surface area contributed by atoms with Gasteiger partial charge in [-0.2, -0.15) is 0 Å². The number of pyridine rings is 1. The highest BCUT2D eigenvalue weighted by Crippen LogP contribution is 2.51. The zero-order valence-electron chi connectivity index (χ0n) is 8.50. The summed E-state index contributed by atoms with van der Waals surface area (Å²) in [5.74, 6) is 0.0828. The van der Waals surface area contributed by atoms with Gasteiger partial charge in [0.1, 0.15) is 5.82 Å². The Morgan fingerprint density at radius 1 is 1.50 bits per heavy atom. The van der Waals surface area contributed by atoms with Gasteiger partial charge in [0.2, 0.25) is 0 Å². The van der Waals surface area contributed by atoms with Crippen molar-refractivity contribution in [1.82, 2.24) is 4.98 Å². The van der Waals surface area contributed by atoms with E-state index in [-0.39, 0.29) is 17.3 Å². The van der Waals surface area contributed by atoms with Crippen LogP contribution in [0, 0.1) is 11.2 Å². The molecule has 1 saturated carbocycles. The van der Waals surface area contributed by atoms with Crippen molar-refractivity contribution in [2.75, 3.05) is 0 Å². The van der Waals surface area contributed by atoms with E-state index in [9.17, 15) is 4.39 Å². The molecule has 0 spiro atoms. The minimum Gasteiger partial charge on any atom is -0.327 e. The van der Waals surface area contributed by atoms with Gasteiger partial charge in [0.25, 0.3) is 0 Å². The van der Waals surface area contributed by atoms with Crippen LogP contribution in [-0.4, -0.2) is 11.0 Å². The van der Waals surface area contributed by atoms with Crippen LogP contribution in [0.5, 0.6) is 0 Å². The van der Waals surface area contributed by atoms with E-state index >= 15 is 0 Å². The average Bonchev–Trinajstić information content (AvgIpc) is 2.14. The highest BCUT2D eigenvalue weighted by molar-refractivity contribution is 5.24. The van der Waals surface area contributed by atoms with E-state index in [4.69, 9.17) is 5.73 Å². The Morgan fingerprint density at radius 2 is 2.21 bits per heavy atom. The number of aromatic nitrogens is 1. The maximum absolute atomic E-state index is 12.9. The van der Waals surface area contributed by atoms with Crippen LogP contribution in [0.1, 0.15) is 31.7 Å². The molecule has 2 rings (SSSR count). The van der Waals surface area contributed by atoms with Gasteiger partial charge in [-0.25, -0.2) is 4.39 Å². The van der Waals surface area contributed by atoms with Crippen molar-refractivity contribution in [3.63, 3.8) is 0 Å². The fourth-order valence-corrected chi connectivity index (χ4v) is 2.14. The summed E-state index contributed by atoms with van der Waals surface area (Å²) in [6.07, 6.45) is 3.90. The van der Waals surface area contributed by atoms with Gasteiger partial charge in [0, 0.05) is 12.2 Å². The summed E-state index contributed by atoms with van der Waals surface area (Å²) in [5.41, 5.74) is 6.94. The SMILES string of the molecule is CC1(C)C(N)CC1c1cncc(F)c1. The van der Waals surface area contributed by atoms with E-state index in [1.807, 2.05) is 0 Å². The lowest BCUT2D eigenvalue weighted by Crippen LogP contribution is -2.52. The number of hydrogen-bond donors (Lipinski definition) is 1. The van der Waals surface area contributed by atoms with Crippen LogP contribution in [0.3, 0.4) is 0 Å². The van der Waals surface area contributed by atoms with Crippen molar-refractivity contribution >= 4 is 0 Å². The van der Waals surface area contributed by atoms with E-state index in [1.54, 1.807) is 12.3 Å². The molecule has 1 aromatic rings. The Labute approximate surface area is 83.3 Å². The second kappa shape index (κ2) is 3.02. The third kappa shape index (κ3) is 1.32. The molecular formula is C11H15FN2. The second-order valence-corrected chi connectivity index (χ2v) is 4.65. The van der Waals surface area contributed by atoms with Crippen molar-refractivity contribution in [2.24, 2.45) is 11.1 Å². The molecule has 0 radical (unpaired) electrons. The van der Waals surface area contributed by atoms with Crippen molar-refractivity contribution in [3.8, 4) is 0 Å². The second-order valence-electron chi connectivity index (χ2n) is 4.65. The maximum Gasteiger partial charge on any atom is 0.141 e. The topological polar surface area (TPSA) is 38.9 Å². The number of nitrogens with zero attached hydrogens (tertiary/aromatic N) is 1. The molecule has 1 fully saturated rings. The predicted molar refractivity (Wildman–Crippen MR) is 53.3 cm³/mol. The summed E-state index contributed by atoms with van der Waals surface area (Å²) in [7, 11) is 0. The Morgan fingerprint density at radius 3 is 2.71 bits per heavy atom. The normalized spacial score (nSPS) is 29.7. The zero-order chi connectivity index (χ0) is 10.3. The molecule has 1 aliphatic rings. The minimum atomic E-state index is -0.265. The lowest BCUT2D eigenvalue weighted by Gasteiger charge is -2.50. The Kier molecular flexibility index (Phi) is 2.07. The first-order chi connectivity index (χ1) is 6.51. The molecular weight excluding hydrogens is 179 g/mol. The van der Waals surface area contributed by atoms with Crippen molar-refractivity contribution in [2.45, 2.75) is 32.2 Å². The van der Waals surface area contributed by atoms with Crippen LogP contribution in [0.4, 0.5) is 4.39 Å². The smallest absolute Gasteiger partial charge is 0.141 e. The molecule has 2 atom stereocenters. The molecule has 3 heteroatoms. The highest BCUT2D eigenvalue weighted by Gasteiger charge is 2.46. The van der Waals surface area contributed by atoms with Crippen LogP contribution in [0.25, 0.3) is 0 Å². The van der Waals surface area contributed by atoms with Gasteiger partial charge in [0.05, 0.1) is 6.20 Å². The van der Waals surface area contributed by atoms with Gasteiger partial charge in [-0.05, 0) is 29.4 Å². The monoisotopic (exact) mass is 194 g/mol. The summed E-state index contributed by atoms with van der Waals surface area (Å²) in [4.78, 5) is 3.86. The first-order valence-corrected chi connectivity index (χ1v) is 4.88. The maximum atomic E-state index is 12.9. The van der Waals surface area contributed by atoms with Crippen LogP contribution in [0.15, 0.2) is 18.5 Å². The van der Waals surface area contributed by atoms with Gasteiger partial charge in [-0.3, -0.25) is 4.98 Å². The molecule has 0 amide bonds. The van der Waals surface area contributed by atoms with E-state index < -0.39 is 0 Å². The summed E-state index contributed by atoms with van der Waals surface area (Å²) in [6.45, 7) is 4.24. The lowest BCUT2D eigenvalue weighted by atomic mass is 9.57. The number of rotatable bonds is 1. The molecule has 0 aromatic carbocycles. The Balaban J connectivity index is 2.26. The molecule has 2 N–H and O–H groups in total. The third-order valence-electron chi connectivity index (χ3n) is 3.47. The number of hydrogen-bond acceptors (Lipinski definition) is 2. The summed E-state index contributed by atoms with van der Waals surface area (Å²) in [6, 6.07) is 1.78. The van der Waals surface area contributed by atoms with Crippen LogP contribution in [-0.2, 0) is 0 Å². The molecule has 2 unspecified atom stereocenters. The van der Waals surface area contributed by atoms with E-state index in [1.165, 1.54) is 6.20 Å². The molecule has 1 aliphatic carbocycles. The quantitative estimate of drug-likeness (QED) is 0.743. The summed E-state index contributed by atoms with van der Waals surface area (Å²) in [5, 5.41) is 0. The molecule has 1 heterocycles. The van der Waals surface area contributed by atoms with Gasteiger partial charge in [0.15, 0.2) is 0 Å². The molecule has 0 saturated heterocycles. The minimum absolute atomic E-state index is 0.0650.